The molecule has 0 aliphatic rings. The Labute approximate surface area is 189 Å². The second-order valence-electron chi connectivity index (χ2n) is 6.82. The summed E-state index contributed by atoms with van der Waals surface area (Å²) in [5.74, 6) is 1.05. The van der Waals surface area contributed by atoms with Crippen molar-refractivity contribution in [3.05, 3.63) is 78.6 Å². The molecule has 4 rings (SSSR count). The number of anilines is 1. The zero-order chi connectivity index (χ0) is 23.4. The van der Waals surface area contributed by atoms with Gasteiger partial charge in [0.25, 0.3) is 10.0 Å². The van der Waals surface area contributed by atoms with Crippen LogP contribution in [0.1, 0.15) is 12.7 Å². The number of hydrogen-bond acceptors (Lipinski definition) is 7. The first-order valence-corrected chi connectivity index (χ1v) is 11.4. The number of ether oxygens (including phenoxy) is 2. The van der Waals surface area contributed by atoms with Crippen LogP contribution in [-0.4, -0.2) is 34.8 Å². The third-order valence-corrected chi connectivity index (χ3v) is 5.76. The van der Waals surface area contributed by atoms with Gasteiger partial charge in [0.2, 0.25) is 5.88 Å². The van der Waals surface area contributed by atoms with E-state index in [4.69, 9.17) is 9.47 Å². The molecule has 0 atom stereocenters. The predicted octanol–water partition coefficient (Wildman–Crippen LogP) is 4.10. The molecule has 0 amide bonds. The first-order chi connectivity index (χ1) is 15.8. The van der Waals surface area contributed by atoms with Crippen molar-refractivity contribution in [3.63, 3.8) is 0 Å². The van der Waals surface area contributed by atoms with Crippen molar-refractivity contribution < 1.29 is 22.3 Å². The van der Waals surface area contributed by atoms with Gasteiger partial charge in [0.1, 0.15) is 11.6 Å². The number of aryl methyl sites for hydroxylation is 1. The largest absolute Gasteiger partial charge is 0.491 e. The Hall–Kier alpha value is -3.99. The van der Waals surface area contributed by atoms with Gasteiger partial charge >= 0.3 is 0 Å². The Bertz CT molecular complexity index is 1360. The summed E-state index contributed by atoms with van der Waals surface area (Å²) in [5.41, 5.74) is 0.285. The summed E-state index contributed by atoms with van der Waals surface area (Å²) in [7, 11) is -3.99. The lowest BCUT2D eigenvalue weighted by molar-refractivity contribution is 0.321. The molecular weight excluding hydrogens is 449 g/mol. The van der Waals surface area contributed by atoms with Crippen LogP contribution < -0.4 is 14.2 Å². The fourth-order valence-corrected chi connectivity index (χ4v) is 4.02. The van der Waals surface area contributed by atoms with Crippen LogP contribution in [0.3, 0.4) is 0 Å². The fourth-order valence-electron chi connectivity index (χ4n) is 2.95. The van der Waals surface area contributed by atoms with E-state index in [2.05, 4.69) is 19.8 Å². The van der Waals surface area contributed by atoms with Crippen molar-refractivity contribution in [2.24, 2.45) is 0 Å². The van der Waals surface area contributed by atoms with Crippen LogP contribution >= 0.6 is 0 Å². The number of rotatable bonds is 8. The molecule has 2 heterocycles. The molecule has 0 bridgehead atoms. The van der Waals surface area contributed by atoms with Gasteiger partial charge in [-0.2, -0.15) is 10.1 Å². The average molecular weight is 469 g/mol. The van der Waals surface area contributed by atoms with Crippen molar-refractivity contribution in [2.75, 3.05) is 11.3 Å². The van der Waals surface area contributed by atoms with Crippen LogP contribution in [0.5, 0.6) is 17.4 Å². The van der Waals surface area contributed by atoms with E-state index >= 15 is 0 Å². The molecule has 4 aromatic rings. The number of hydrogen-bond donors (Lipinski definition) is 1. The molecule has 11 heteroatoms. The molecule has 0 fully saturated rings. The van der Waals surface area contributed by atoms with Crippen molar-refractivity contribution in [1.82, 2.24) is 19.7 Å². The first kappa shape index (κ1) is 22.2. The van der Waals surface area contributed by atoms with Crippen LogP contribution in [-0.2, 0) is 10.0 Å². The molecule has 0 saturated heterocycles. The third kappa shape index (κ3) is 5.26. The highest BCUT2D eigenvalue weighted by Gasteiger charge is 2.17. The van der Waals surface area contributed by atoms with Gasteiger partial charge in [-0.3, -0.25) is 4.72 Å². The minimum absolute atomic E-state index is 0.00590. The Morgan fingerprint density at radius 3 is 2.55 bits per heavy atom. The summed E-state index contributed by atoms with van der Waals surface area (Å²) >= 11 is 0. The second-order valence-corrected chi connectivity index (χ2v) is 8.50. The first-order valence-electron chi connectivity index (χ1n) is 9.93. The maximum absolute atomic E-state index is 14.1. The molecule has 33 heavy (non-hydrogen) atoms. The molecule has 0 aliphatic carbocycles. The summed E-state index contributed by atoms with van der Waals surface area (Å²) in [5, 5.41) is 4.14. The summed E-state index contributed by atoms with van der Waals surface area (Å²) in [4.78, 5) is 8.36. The highest BCUT2D eigenvalue weighted by atomic mass is 32.2. The minimum atomic E-state index is -3.99. The van der Waals surface area contributed by atoms with Crippen LogP contribution in [0.25, 0.3) is 5.82 Å². The van der Waals surface area contributed by atoms with Crippen LogP contribution in [0.15, 0.2) is 71.9 Å². The maximum Gasteiger partial charge on any atom is 0.262 e. The highest BCUT2D eigenvalue weighted by Crippen LogP contribution is 2.26. The van der Waals surface area contributed by atoms with Gasteiger partial charge in [0.05, 0.1) is 11.5 Å². The molecular formula is C22H20FN5O4S. The van der Waals surface area contributed by atoms with Gasteiger partial charge in [-0.15, -0.1) is 0 Å². The highest BCUT2D eigenvalue weighted by molar-refractivity contribution is 7.92. The molecule has 0 spiro atoms. The summed E-state index contributed by atoms with van der Waals surface area (Å²) in [6.07, 6.45) is 3.39. The van der Waals surface area contributed by atoms with Gasteiger partial charge in [0.15, 0.2) is 17.4 Å². The Kier molecular flexibility index (Phi) is 6.22. The standard InChI is InChI=1S/C22H20FN5O4S/c1-3-31-20-10-9-18(13-19(20)23)33(29,30)27-16-5-7-17(8-6-16)32-22-14-21(25-15(2)26-22)28-12-4-11-24-28/h4-14,27H,3H2,1-2H3. The van der Waals surface area contributed by atoms with Crippen molar-refractivity contribution in [3.8, 4) is 23.2 Å². The van der Waals surface area contributed by atoms with Crippen LogP contribution in [0.4, 0.5) is 10.1 Å². The van der Waals surface area contributed by atoms with E-state index in [0.717, 1.165) is 6.07 Å². The van der Waals surface area contributed by atoms with Gasteiger partial charge < -0.3 is 9.47 Å². The topological polar surface area (TPSA) is 108 Å². The van der Waals surface area contributed by atoms with E-state index in [1.807, 2.05) is 0 Å². The van der Waals surface area contributed by atoms with E-state index in [9.17, 15) is 12.8 Å². The quantitative estimate of drug-likeness (QED) is 0.414. The normalized spacial score (nSPS) is 11.2. The van der Waals surface area contributed by atoms with E-state index in [1.165, 1.54) is 24.3 Å². The number of sulfonamides is 1. The van der Waals surface area contributed by atoms with Gasteiger partial charge in [0, 0.05) is 24.1 Å². The average Bonchev–Trinajstić information content (AvgIpc) is 3.31. The molecule has 0 unspecified atom stereocenters. The molecule has 2 aromatic carbocycles. The lowest BCUT2D eigenvalue weighted by Gasteiger charge is -2.11. The molecule has 0 aliphatic heterocycles. The van der Waals surface area contributed by atoms with E-state index < -0.39 is 15.8 Å². The Balaban J connectivity index is 1.48. The number of aromatic nitrogens is 4. The summed E-state index contributed by atoms with van der Waals surface area (Å²) < 4.78 is 54.2. The third-order valence-electron chi connectivity index (χ3n) is 4.38. The number of benzene rings is 2. The molecule has 2 aromatic heterocycles. The lowest BCUT2D eigenvalue weighted by Crippen LogP contribution is -2.13. The number of nitrogens with one attached hydrogen (secondary N) is 1. The van der Waals surface area contributed by atoms with Crippen molar-refractivity contribution in [2.45, 2.75) is 18.7 Å². The van der Waals surface area contributed by atoms with E-state index in [0.29, 0.717) is 23.3 Å². The predicted molar refractivity (Wildman–Crippen MR) is 119 cm³/mol. The van der Waals surface area contributed by atoms with Gasteiger partial charge in [-0.25, -0.2) is 22.5 Å². The van der Waals surface area contributed by atoms with Crippen molar-refractivity contribution >= 4 is 15.7 Å². The Morgan fingerprint density at radius 1 is 1.09 bits per heavy atom. The molecule has 0 saturated carbocycles. The van der Waals surface area contributed by atoms with Crippen LogP contribution in [0, 0.1) is 12.7 Å². The molecule has 1 N–H and O–H groups in total. The second kappa shape index (κ2) is 9.25. The van der Waals surface area contributed by atoms with E-state index in [-0.39, 0.29) is 22.9 Å². The molecule has 9 nitrogen and oxygen atoms in total. The Morgan fingerprint density at radius 2 is 1.88 bits per heavy atom. The lowest BCUT2D eigenvalue weighted by atomic mass is 10.3. The number of nitrogens with zero attached hydrogens (tertiary/aromatic N) is 4. The fraction of sp³-hybridized carbons (Fsp3) is 0.136. The zero-order valence-electron chi connectivity index (χ0n) is 17.8. The van der Waals surface area contributed by atoms with Crippen LogP contribution in [0.2, 0.25) is 0 Å². The summed E-state index contributed by atoms with van der Waals surface area (Å²) in [6.45, 7) is 3.72. The number of halogens is 1. The monoisotopic (exact) mass is 469 g/mol. The smallest absolute Gasteiger partial charge is 0.262 e. The van der Waals surface area contributed by atoms with Gasteiger partial charge in [-0.1, -0.05) is 0 Å². The maximum atomic E-state index is 14.1. The minimum Gasteiger partial charge on any atom is -0.491 e. The van der Waals surface area contributed by atoms with Crippen molar-refractivity contribution in [1.29, 1.82) is 0 Å². The summed E-state index contributed by atoms with van der Waals surface area (Å²) in [6, 6.07) is 13.1. The van der Waals surface area contributed by atoms with Gasteiger partial charge in [-0.05, 0) is 62.4 Å². The molecule has 0 radical (unpaired) electrons. The SMILES string of the molecule is CCOc1ccc(S(=O)(=O)Nc2ccc(Oc3cc(-n4cccn4)nc(C)n3)cc2)cc1F. The zero-order valence-corrected chi connectivity index (χ0v) is 18.6. The van der Waals surface area contributed by atoms with E-state index in [1.54, 1.807) is 55.2 Å². The molecule has 170 valence electrons.